The van der Waals surface area contributed by atoms with Crippen LogP contribution >= 0.6 is 0 Å². The van der Waals surface area contributed by atoms with Crippen molar-refractivity contribution in [2.75, 3.05) is 14.2 Å². The van der Waals surface area contributed by atoms with E-state index in [1.807, 2.05) is 0 Å². The predicted octanol–water partition coefficient (Wildman–Crippen LogP) is 2.12. The number of carbonyl (C=O) groups is 2. The molecule has 0 radical (unpaired) electrons. The van der Waals surface area contributed by atoms with Crippen LogP contribution in [0.4, 0.5) is 5.69 Å². The van der Waals surface area contributed by atoms with E-state index in [-0.39, 0.29) is 23.3 Å². The minimum absolute atomic E-state index is 0.153. The van der Waals surface area contributed by atoms with Crippen LogP contribution in [0.5, 0.6) is 0 Å². The molecule has 0 aliphatic carbocycles. The molecule has 1 aromatic heterocycles. The Labute approximate surface area is 171 Å². The van der Waals surface area contributed by atoms with Crippen molar-refractivity contribution in [2.45, 2.75) is 19.3 Å². The third kappa shape index (κ3) is 3.93. The second-order valence-corrected chi connectivity index (χ2v) is 6.54. The fourth-order valence-electron chi connectivity index (χ4n) is 3.48. The molecule has 0 saturated carbocycles. The third-order valence-electron chi connectivity index (χ3n) is 4.77. The van der Waals surface area contributed by atoms with Gasteiger partial charge in [-0.15, -0.1) is 0 Å². The number of allylic oxidation sites excluding steroid dienone is 2. The van der Waals surface area contributed by atoms with Gasteiger partial charge < -0.3 is 19.8 Å². The Balaban J connectivity index is 2.24. The lowest BCUT2D eigenvalue weighted by Gasteiger charge is -2.31. The van der Waals surface area contributed by atoms with Gasteiger partial charge in [0.1, 0.15) is 5.82 Å². The number of esters is 2. The number of benzene rings is 1. The molecule has 0 saturated heterocycles. The van der Waals surface area contributed by atoms with Gasteiger partial charge in [-0.1, -0.05) is 12.1 Å². The van der Waals surface area contributed by atoms with Crippen LogP contribution < -0.4 is 5.32 Å². The maximum absolute atomic E-state index is 12.8. The van der Waals surface area contributed by atoms with E-state index < -0.39 is 22.8 Å². The highest BCUT2D eigenvalue weighted by molar-refractivity contribution is 6.00. The number of rotatable bonds is 6. The number of nitrogens with zero attached hydrogens (tertiary/aromatic N) is 2. The highest BCUT2D eigenvalue weighted by Crippen LogP contribution is 2.40. The van der Waals surface area contributed by atoms with Crippen LogP contribution in [0.1, 0.15) is 24.2 Å². The quantitative estimate of drug-likeness (QED) is 0.418. The van der Waals surface area contributed by atoms with Crippen LogP contribution in [0.2, 0.25) is 0 Å². The summed E-state index contributed by atoms with van der Waals surface area (Å²) in [6.45, 7) is 1.67. The molecule has 156 valence electrons. The van der Waals surface area contributed by atoms with E-state index in [4.69, 9.17) is 9.47 Å². The molecule has 2 heterocycles. The van der Waals surface area contributed by atoms with Gasteiger partial charge in [-0.2, -0.15) is 0 Å². The van der Waals surface area contributed by atoms with E-state index in [1.54, 1.807) is 25.4 Å². The number of nitro benzene ring substituents is 1. The summed E-state index contributed by atoms with van der Waals surface area (Å²) in [5.74, 6) is -1.66. The SMILES string of the molecule is COC(=O)C1=C(C)NC(Cc2ncc[nH]2)=C(C(=O)OC)C1c1cccc([N+](=O)[O-])c1. The second-order valence-electron chi connectivity index (χ2n) is 6.54. The van der Waals surface area contributed by atoms with Gasteiger partial charge in [-0.3, -0.25) is 10.1 Å². The van der Waals surface area contributed by atoms with Gasteiger partial charge in [-0.25, -0.2) is 14.6 Å². The molecule has 10 nitrogen and oxygen atoms in total. The van der Waals surface area contributed by atoms with Crippen molar-refractivity contribution in [3.63, 3.8) is 0 Å². The molecule has 0 bridgehead atoms. The topological polar surface area (TPSA) is 136 Å². The Hall–Kier alpha value is -3.95. The van der Waals surface area contributed by atoms with Crippen molar-refractivity contribution in [1.82, 2.24) is 15.3 Å². The molecule has 0 amide bonds. The molecule has 0 fully saturated rings. The molecule has 1 aromatic carbocycles. The lowest BCUT2D eigenvalue weighted by atomic mass is 9.79. The summed E-state index contributed by atoms with van der Waals surface area (Å²) in [4.78, 5) is 43.3. The van der Waals surface area contributed by atoms with E-state index in [2.05, 4.69) is 15.3 Å². The number of methoxy groups -OCH3 is 2. The van der Waals surface area contributed by atoms with Gasteiger partial charge in [0.25, 0.3) is 5.69 Å². The Morgan fingerprint density at radius 1 is 1.20 bits per heavy atom. The van der Waals surface area contributed by atoms with Gasteiger partial charge >= 0.3 is 11.9 Å². The molecular weight excluding hydrogens is 392 g/mol. The lowest BCUT2D eigenvalue weighted by molar-refractivity contribution is -0.384. The first-order chi connectivity index (χ1) is 14.4. The molecule has 1 unspecified atom stereocenters. The van der Waals surface area contributed by atoms with Gasteiger partial charge in [-0.05, 0) is 12.5 Å². The number of aromatic amines is 1. The van der Waals surface area contributed by atoms with Crippen molar-refractivity contribution in [3.8, 4) is 0 Å². The number of non-ortho nitro benzene ring substituents is 1. The average molecular weight is 412 g/mol. The second kappa shape index (κ2) is 8.60. The fourth-order valence-corrected chi connectivity index (χ4v) is 3.48. The molecule has 1 aliphatic rings. The fraction of sp³-hybridized carbons (Fsp3) is 0.250. The zero-order valence-corrected chi connectivity index (χ0v) is 16.6. The highest BCUT2D eigenvalue weighted by atomic mass is 16.6. The minimum atomic E-state index is -0.920. The Morgan fingerprint density at radius 3 is 2.50 bits per heavy atom. The van der Waals surface area contributed by atoms with Crippen LogP contribution in [0, 0.1) is 10.1 Å². The number of nitrogens with one attached hydrogen (secondary N) is 2. The summed E-state index contributed by atoms with van der Waals surface area (Å²) in [7, 11) is 2.46. The van der Waals surface area contributed by atoms with E-state index in [9.17, 15) is 19.7 Å². The van der Waals surface area contributed by atoms with E-state index >= 15 is 0 Å². The number of aromatic nitrogens is 2. The summed E-state index contributed by atoms with van der Waals surface area (Å²) in [5, 5.41) is 14.4. The molecular formula is C20H20N4O6. The Morgan fingerprint density at radius 2 is 1.90 bits per heavy atom. The molecule has 1 atom stereocenters. The standard InChI is InChI=1S/C20H20N4O6/c1-11-16(19(25)29-2)17(12-5-4-6-13(9-12)24(27)28)18(20(26)30-3)14(23-11)10-15-21-7-8-22-15/h4-9,17,23H,10H2,1-3H3,(H,21,22). The monoisotopic (exact) mass is 412 g/mol. The number of nitro groups is 1. The predicted molar refractivity (Wildman–Crippen MR) is 105 cm³/mol. The van der Waals surface area contributed by atoms with Crippen molar-refractivity contribution in [3.05, 3.63) is 80.7 Å². The molecule has 1 aliphatic heterocycles. The molecule has 30 heavy (non-hydrogen) atoms. The maximum atomic E-state index is 12.8. The number of ether oxygens (including phenoxy) is 2. The molecule has 0 spiro atoms. The number of hydrogen-bond acceptors (Lipinski definition) is 8. The minimum Gasteiger partial charge on any atom is -0.466 e. The van der Waals surface area contributed by atoms with Gasteiger partial charge in [0, 0.05) is 42.3 Å². The zero-order valence-electron chi connectivity index (χ0n) is 16.6. The largest absolute Gasteiger partial charge is 0.466 e. The first-order valence-electron chi connectivity index (χ1n) is 8.97. The number of H-pyrrole nitrogens is 1. The average Bonchev–Trinajstić information content (AvgIpc) is 3.25. The summed E-state index contributed by atoms with van der Waals surface area (Å²) >= 11 is 0. The number of dihydropyridines is 1. The van der Waals surface area contributed by atoms with Crippen LogP contribution in [0.25, 0.3) is 0 Å². The molecule has 10 heteroatoms. The van der Waals surface area contributed by atoms with E-state index in [1.165, 1.54) is 32.4 Å². The number of hydrogen-bond donors (Lipinski definition) is 2. The number of imidazole rings is 1. The van der Waals surface area contributed by atoms with Crippen molar-refractivity contribution < 1.29 is 24.0 Å². The first kappa shape index (κ1) is 20.8. The first-order valence-corrected chi connectivity index (χ1v) is 8.97. The van der Waals surface area contributed by atoms with Gasteiger partial charge in [0.2, 0.25) is 0 Å². The normalized spacial score (nSPS) is 16.2. The summed E-state index contributed by atoms with van der Waals surface area (Å²) in [6.07, 6.45) is 3.46. The molecule has 3 rings (SSSR count). The van der Waals surface area contributed by atoms with Crippen molar-refractivity contribution in [2.24, 2.45) is 0 Å². The van der Waals surface area contributed by atoms with Gasteiger partial charge in [0.15, 0.2) is 0 Å². The van der Waals surface area contributed by atoms with Crippen LogP contribution in [-0.2, 0) is 25.5 Å². The number of carbonyl (C=O) groups excluding carboxylic acids is 2. The Kier molecular flexibility index (Phi) is 5.95. The van der Waals surface area contributed by atoms with Crippen LogP contribution in [-0.4, -0.2) is 41.0 Å². The molecule has 2 N–H and O–H groups in total. The lowest BCUT2D eigenvalue weighted by Crippen LogP contribution is -2.33. The van der Waals surface area contributed by atoms with Crippen molar-refractivity contribution >= 4 is 17.6 Å². The summed E-state index contributed by atoms with van der Waals surface area (Å²) in [5.41, 5.74) is 1.49. The third-order valence-corrected chi connectivity index (χ3v) is 4.77. The smallest absolute Gasteiger partial charge is 0.336 e. The maximum Gasteiger partial charge on any atom is 0.336 e. The Bertz CT molecular complexity index is 1060. The van der Waals surface area contributed by atoms with Crippen LogP contribution in [0.15, 0.2) is 59.2 Å². The summed E-state index contributed by atoms with van der Waals surface area (Å²) in [6, 6.07) is 5.79. The molecule has 2 aromatic rings. The zero-order chi connectivity index (χ0) is 21.8. The van der Waals surface area contributed by atoms with E-state index in [0.717, 1.165) is 0 Å². The van der Waals surface area contributed by atoms with Crippen molar-refractivity contribution in [1.29, 1.82) is 0 Å². The summed E-state index contributed by atoms with van der Waals surface area (Å²) < 4.78 is 9.92. The van der Waals surface area contributed by atoms with Crippen LogP contribution in [0.3, 0.4) is 0 Å². The highest BCUT2D eigenvalue weighted by Gasteiger charge is 2.39. The van der Waals surface area contributed by atoms with E-state index in [0.29, 0.717) is 22.8 Å². The van der Waals surface area contributed by atoms with Gasteiger partial charge in [0.05, 0.1) is 36.2 Å².